The third kappa shape index (κ3) is 5.33. The Morgan fingerprint density at radius 2 is 1.66 bits per heavy atom. The van der Waals surface area contributed by atoms with Gasteiger partial charge in [-0.2, -0.15) is 5.10 Å². The van der Waals surface area contributed by atoms with Crippen LogP contribution in [0.1, 0.15) is 23.2 Å². The van der Waals surface area contributed by atoms with Crippen LogP contribution in [0, 0.1) is 5.92 Å². The molecule has 0 unspecified atom stereocenters. The molecule has 0 saturated carbocycles. The molecular weight excluding hydrogens is 506 g/mol. The zero-order valence-electron chi connectivity index (χ0n) is 21.0. The lowest BCUT2D eigenvalue weighted by Gasteiger charge is -2.38. The number of hydrogen-bond donors (Lipinski definition) is 1. The molecule has 0 aliphatic carbocycles. The van der Waals surface area contributed by atoms with Gasteiger partial charge in [0, 0.05) is 43.6 Å². The van der Waals surface area contributed by atoms with E-state index in [9.17, 15) is 18.0 Å². The predicted octanol–water partition coefficient (Wildman–Crippen LogP) is 2.64. The van der Waals surface area contributed by atoms with Crippen LogP contribution in [0.4, 0.5) is 11.5 Å². The van der Waals surface area contributed by atoms with E-state index < -0.39 is 15.1 Å². The van der Waals surface area contributed by atoms with Crippen molar-refractivity contribution in [3.8, 4) is 5.75 Å². The molecule has 3 aromatic rings. The molecule has 2 fully saturated rings. The fourth-order valence-corrected chi connectivity index (χ4v) is 6.48. The Balaban J connectivity index is 1.13. The van der Waals surface area contributed by atoms with Gasteiger partial charge in [-0.15, -0.1) is 5.10 Å². The summed E-state index contributed by atoms with van der Waals surface area (Å²) in [4.78, 5) is 29.3. The summed E-state index contributed by atoms with van der Waals surface area (Å²) in [7, 11) is -2.00. The Morgan fingerprint density at radius 1 is 0.974 bits per heavy atom. The number of carbonyl (C=O) groups is 2. The van der Waals surface area contributed by atoms with Crippen molar-refractivity contribution in [2.45, 2.75) is 23.0 Å². The molecular formula is C27H29N5O5S. The topological polar surface area (TPSA) is 122 Å². The molecule has 2 saturated heterocycles. The minimum atomic E-state index is -3.56. The molecule has 3 heterocycles. The minimum absolute atomic E-state index is 0.116. The zero-order chi connectivity index (χ0) is 26.7. The summed E-state index contributed by atoms with van der Waals surface area (Å²) in [6.07, 6.45) is 2.34. The number of piperidine rings is 1. The van der Waals surface area contributed by atoms with Crippen molar-refractivity contribution < 1.29 is 22.7 Å². The molecule has 0 radical (unpaired) electrons. The number of likely N-dealkylation sites (tertiary alicyclic amines) is 1. The number of benzene rings is 2. The third-order valence-corrected chi connectivity index (χ3v) is 9.37. The molecule has 10 nitrogen and oxygen atoms in total. The first-order valence-corrected chi connectivity index (χ1v) is 14.0. The Labute approximate surface area is 221 Å². The Morgan fingerprint density at radius 3 is 2.26 bits per heavy atom. The van der Waals surface area contributed by atoms with Gasteiger partial charge in [-0.05, 0) is 73.5 Å². The molecule has 0 atom stereocenters. The van der Waals surface area contributed by atoms with E-state index in [4.69, 9.17) is 4.74 Å². The Hall–Kier alpha value is -3.99. The lowest BCUT2D eigenvalue weighted by molar-refractivity contribution is -0.120. The van der Waals surface area contributed by atoms with Crippen LogP contribution in [-0.4, -0.2) is 73.9 Å². The highest BCUT2D eigenvalue weighted by atomic mass is 32.2. The quantitative estimate of drug-likeness (QED) is 0.490. The highest BCUT2D eigenvalue weighted by molar-refractivity contribution is 7.92. The fraction of sp³-hybridized carbons (Fsp3) is 0.333. The van der Waals surface area contributed by atoms with Crippen LogP contribution in [0.15, 0.2) is 71.8 Å². The van der Waals surface area contributed by atoms with Crippen molar-refractivity contribution in [1.82, 2.24) is 15.1 Å². The lowest BCUT2D eigenvalue weighted by Crippen LogP contribution is -2.52. The normalized spacial score (nSPS) is 16.6. The highest BCUT2D eigenvalue weighted by Gasteiger charge is 2.35. The largest absolute Gasteiger partial charge is 0.497 e. The summed E-state index contributed by atoms with van der Waals surface area (Å²) in [5, 5.41) is 10.2. The van der Waals surface area contributed by atoms with E-state index >= 15 is 0 Å². The van der Waals surface area contributed by atoms with Crippen LogP contribution in [0.2, 0.25) is 0 Å². The summed E-state index contributed by atoms with van der Waals surface area (Å²) >= 11 is 0. The van der Waals surface area contributed by atoms with Gasteiger partial charge in [-0.3, -0.25) is 9.59 Å². The van der Waals surface area contributed by atoms with Crippen molar-refractivity contribution in [3.63, 3.8) is 0 Å². The summed E-state index contributed by atoms with van der Waals surface area (Å²) in [6, 6.07) is 16.8. The maximum Gasteiger partial charge on any atom is 0.253 e. The average Bonchev–Trinajstić information content (AvgIpc) is 2.93. The summed E-state index contributed by atoms with van der Waals surface area (Å²) < 4.78 is 31.6. The molecule has 2 amide bonds. The van der Waals surface area contributed by atoms with E-state index in [2.05, 4.69) is 15.5 Å². The van der Waals surface area contributed by atoms with Gasteiger partial charge in [-0.1, -0.05) is 0 Å². The van der Waals surface area contributed by atoms with Crippen LogP contribution in [-0.2, 0) is 14.6 Å². The molecule has 1 aromatic heterocycles. The predicted molar refractivity (Wildman–Crippen MR) is 142 cm³/mol. The molecule has 5 rings (SSSR count). The van der Waals surface area contributed by atoms with Gasteiger partial charge in [0.2, 0.25) is 5.91 Å². The van der Waals surface area contributed by atoms with Crippen molar-refractivity contribution in [2.24, 2.45) is 5.92 Å². The van der Waals surface area contributed by atoms with Crippen LogP contribution in [0.25, 0.3) is 0 Å². The van der Waals surface area contributed by atoms with Crippen LogP contribution in [0.3, 0.4) is 0 Å². The maximum atomic E-state index is 13.3. The van der Waals surface area contributed by atoms with E-state index in [1.807, 2.05) is 11.0 Å². The van der Waals surface area contributed by atoms with E-state index in [1.54, 1.807) is 60.7 Å². The number of sulfone groups is 1. The summed E-state index contributed by atoms with van der Waals surface area (Å²) in [5.74, 6) is 1.00. The minimum Gasteiger partial charge on any atom is -0.497 e. The fourth-order valence-electron chi connectivity index (χ4n) is 4.74. The number of amides is 2. The number of carbonyl (C=O) groups excluding carboxylic acids is 2. The monoisotopic (exact) mass is 535 g/mol. The second-order valence-corrected chi connectivity index (χ2v) is 11.7. The summed E-state index contributed by atoms with van der Waals surface area (Å²) in [6.45, 7) is 1.85. The standard InChI is InChI=1S/C27H29N5O5S/c1-37-22-8-4-19(5-9-22)27(34)31-15-12-24(13-16-31)38(35,36)23-10-6-21(7-11-23)29-26(33)20-17-32(18-20)25-3-2-14-28-30-25/h2-11,14,20,24H,12-13,15-18H2,1H3,(H,29,33). The van der Waals surface area contributed by atoms with E-state index in [0.29, 0.717) is 56.0 Å². The first kappa shape index (κ1) is 25.7. The lowest BCUT2D eigenvalue weighted by atomic mass is 9.99. The van der Waals surface area contributed by atoms with Gasteiger partial charge < -0.3 is 19.9 Å². The molecule has 2 aliphatic rings. The number of anilines is 2. The Kier molecular flexibility index (Phi) is 7.28. The van der Waals surface area contributed by atoms with E-state index in [1.165, 1.54) is 12.1 Å². The van der Waals surface area contributed by atoms with Gasteiger partial charge in [0.15, 0.2) is 15.7 Å². The number of ether oxygens (including phenoxy) is 1. The SMILES string of the molecule is COc1ccc(C(=O)N2CCC(S(=O)(=O)c3ccc(NC(=O)C4CN(c5cccnn5)C4)cc3)CC2)cc1. The zero-order valence-corrected chi connectivity index (χ0v) is 21.8. The highest BCUT2D eigenvalue weighted by Crippen LogP contribution is 2.28. The van der Waals surface area contributed by atoms with Crippen molar-refractivity contribution in [3.05, 3.63) is 72.4 Å². The number of aromatic nitrogens is 2. The molecule has 0 bridgehead atoms. The van der Waals surface area contributed by atoms with Crippen LogP contribution in [0.5, 0.6) is 5.75 Å². The number of methoxy groups -OCH3 is 1. The maximum absolute atomic E-state index is 13.3. The first-order chi connectivity index (χ1) is 18.3. The van der Waals surface area contributed by atoms with Gasteiger partial charge in [0.1, 0.15) is 5.75 Å². The second-order valence-electron chi connectivity index (χ2n) is 9.46. The van der Waals surface area contributed by atoms with Gasteiger partial charge in [0.05, 0.1) is 23.2 Å². The molecule has 1 N–H and O–H groups in total. The molecule has 11 heteroatoms. The van der Waals surface area contributed by atoms with Gasteiger partial charge in [-0.25, -0.2) is 8.42 Å². The Bertz CT molecular complexity index is 1380. The van der Waals surface area contributed by atoms with Crippen LogP contribution < -0.4 is 15.0 Å². The summed E-state index contributed by atoms with van der Waals surface area (Å²) in [5.41, 5.74) is 1.10. The molecule has 2 aromatic carbocycles. The molecule has 2 aliphatic heterocycles. The average molecular weight is 536 g/mol. The van der Waals surface area contributed by atoms with Gasteiger partial charge >= 0.3 is 0 Å². The smallest absolute Gasteiger partial charge is 0.253 e. The van der Waals surface area contributed by atoms with Crippen LogP contribution >= 0.6 is 0 Å². The third-order valence-electron chi connectivity index (χ3n) is 7.09. The van der Waals surface area contributed by atoms with Crippen molar-refractivity contribution in [2.75, 3.05) is 43.5 Å². The molecule has 38 heavy (non-hydrogen) atoms. The van der Waals surface area contributed by atoms with Gasteiger partial charge in [0.25, 0.3) is 5.91 Å². The number of hydrogen-bond acceptors (Lipinski definition) is 8. The second kappa shape index (κ2) is 10.8. The molecule has 0 spiro atoms. The molecule has 198 valence electrons. The van der Waals surface area contributed by atoms with E-state index in [0.717, 1.165) is 5.82 Å². The van der Waals surface area contributed by atoms with E-state index in [-0.39, 0.29) is 22.6 Å². The number of rotatable bonds is 7. The number of nitrogens with one attached hydrogen (secondary N) is 1. The van der Waals surface area contributed by atoms with Crippen molar-refractivity contribution >= 4 is 33.2 Å². The first-order valence-electron chi connectivity index (χ1n) is 12.5. The number of nitrogens with zero attached hydrogens (tertiary/aromatic N) is 4. The van der Waals surface area contributed by atoms with Crippen molar-refractivity contribution in [1.29, 1.82) is 0 Å².